The maximum absolute atomic E-state index is 10.9. The molecule has 0 unspecified atom stereocenters. The third-order valence-electron chi connectivity index (χ3n) is 1.46. The van der Waals surface area contributed by atoms with Crippen molar-refractivity contribution < 1.29 is 9.53 Å². The number of allylic oxidation sites excluding steroid dienone is 1. The van der Waals surface area contributed by atoms with Crippen molar-refractivity contribution in [3.63, 3.8) is 0 Å². The van der Waals surface area contributed by atoms with Gasteiger partial charge in [-0.05, 0) is 17.9 Å². The Morgan fingerprint density at radius 1 is 1.85 bits per heavy atom. The molecule has 0 saturated heterocycles. The molecular weight excluding hydrogens is 186 g/mol. The van der Waals surface area contributed by atoms with Gasteiger partial charge < -0.3 is 10.1 Å². The van der Waals surface area contributed by atoms with Crippen LogP contribution in [0.4, 0.5) is 4.79 Å². The highest BCUT2D eigenvalue weighted by molar-refractivity contribution is 7.12. The number of thiophene rings is 1. The van der Waals surface area contributed by atoms with Crippen LogP contribution < -0.4 is 10.1 Å². The van der Waals surface area contributed by atoms with Gasteiger partial charge in [0.25, 0.3) is 0 Å². The van der Waals surface area contributed by atoms with Gasteiger partial charge in [-0.3, -0.25) is 0 Å². The summed E-state index contributed by atoms with van der Waals surface area (Å²) < 4.78 is 5.01. The normalized spacial score (nSPS) is 9.31. The standard InChI is InChI=1S/C9H11NO2S/c1-3-4-7-5-6-13-8(7)12-9(11)10-2/h3,5-6H,1,4H2,2H3,(H,10,11). The zero-order chi connectivity index (χ0) is 9.68. The lowest BCUT2D eigenvalue weighted by Gasteiger charge is -2.01. The first-order chi connectivity index (χ1) is 6.27. The Morgan fingerprint density at radius 2 is 2.62 bits per heavy atom. The van der Waals surface area contributed by atoms with Crippen molar-refractivity contribution in [3.05, 3.63) is 29.7 Å². The Balaban J connectivity index is 2.69. The maximum Gasteiger partial charge on any atom is 0.413 e. The first-order valence-electron chi connectivity index (χ1n) is 3.84. The molecule has 4 heteroatoms. The Kier molecular flexibility index (Phi) is 3.52. The van der Waals surface area contributed by atoms with Crippen LogP contribution in [0.15, 0.2) is 24.1 Å². The van der Waals surface area contributed by atoms with Crippen molar-refractivity contribution in [1.29, 1.82) is 0 Å². The van der Waals surface area contributed by atoms with Gasteiger partial charge in [0.1, 0.15) is 0 Å². The van der Waals surface area contributed by atoms with Crippen LogP contribution in [0.1, 0.15) is 5.56 Å². The molecular formula is C9H11NO2S. The molecule has 0 fully saturated rings. The minimum Gasteiger partial charge on any atom is -0.399 e. The summed E-state index contributed by atoms with van der Waals surface area (Å²) in [7, 11) is 1.53. The van der Waals surface area contributed by atoms with E-state index >= 15 is 0 Å². The molecule has 1 amide bonds. The Bertz CT molecular complexity index is 306. The topological polar surface area (TPSA) is 38.3 Å². The molecule has 0 atom stereocenters. The monoisotopic (exact) mass is 197 g/mol. The summed E-state index contributed by atoms with van der Waals surface area (Å²) in [5.74, 6) is 0. The number of carbonyl (C=O) groups excluding carboxylic acids is 1. The average Bonchev–Trinajstić information content (AvgIpc) is 2.54. The molecule has 13 heavy (non-hydrogen) atoms. The number of nitrogens with one attached hydrogen (secondary N) is 1. The average molecular weight is 197 g/mol. The van der Waals surface area contributed by atoms with Gasteiger partial charge in [0.15, 0.2) is 5.06 Å². The first-order valence-corrected chi connectivity index (χ1v) is 4.72. The second-order valence-corrected chi connectivity index (χ2v) is 3.24. The van der Waals surface area contributed by atoms with Crippen LogP contribution in [0, 0.1) is 0 Å². The summed E-state index contributed by atoms with van der Waals surface area (Å²) in [6.07, 6.45) is 2.06. The summed E-state index contributed by atoms with van der Waals surface area (Å²) in [6.45, 7) is 3.62. The van der Waals surface area contributed by atoms with Crippen LogP contribution in [-0.4, -0.2) is 13.1 Å². The van der Waals surface area contributed by atoms with Gasteiger partial charge in [0, 0.05) is 12.6 Å². The van der Waals surface area contributed by atoms with E-state index in [1.165, 1.54) is 18.4 Å². The highest BCUT2D eigenvalue weighted by Gasteiger charge is 2.07. The maximum atomic E-state index is 10.9. The van der Waals surface area contributed by atoms with Crippen LogP contribution in [-0.2, 0) is 6.42 Å². The summed E-state index contributed by atoms with van der Waals surface area (Å²) in [5.41, 5.74) is 0.989. The first kappa shape index (κ1) is 9.80. The fraction of sp³-hybridized carbons (Fsp3) is 0.222. The molecule has 0 aromatic carbocycles. The molecule has 0 spiro atoms. The second kappa shape index (κ2) is 4.67. The van der Waals surface area contributed by atoms with E-state index in [-0.39, 0.29) is 0 Å². The zero-order valence-electron chi connectivity index (χ0n) is 7.37. The minimum absolute atomic E-state index is 0.437. The van der Waals surface area contributed by atoms with Crippen molar-refractivity contribution in [2.75, 3.05) is 7.05 Å². The van der Waals surface area contributed by atoms with E-state index in [1.807, 2.05) is 11.4 Å². The molecule has 70 valence electrons. The fourth-order valence-electron chi connectivity index (χ4n) is 0.853. The smallest absolute Gasteiger partial charge is 0.399 e. The molecule has 1 rings (SSSR count). The van der Waals surface area contributed by atoms with Gasteiger partial charge in [-0.25, -0.2) is 4.79 Å². The van der Waals surface area contributed by atoms with Gasteiger partial charge in [-0.2, -0.15) is 0 Å². The van der Waals surface area contributed by atoms with Crippen LogP contribution >= 0.6 is 11.3 Å². The highest BCUT2D eigenvalue weighted by atomic mass is 32.1. The van der Waals surface area contributed by atoms with Crippen molar-refractivity contribution in [3.8, 4) is 5.06 Å². The molecule has 1 aromatic heterocycles. The Morgan fingerprint density at radius 3 is 3.23 bits per heavy atom. The number of rotatable bonds is 3. The van der Waals surface area contributed by atoms with E-state index in [2.05, 4.69) is 11.9 Å². The number of hydrogen-bond donors (Lipinski definition) is 1. The lowest BCUT2D eigenvalue weighted by molar-refractivity contribution is 0.204. The van der Waals surface area contributed by atoms with E-state index in [0.717, 1.165) is 12.0 Å². The van der Waals surface area contributed by atoms with Crippen molar-refractivity contribution in [1.82, 2.24) is 5.32 Å². The van der Waals surface area contributed by atoms with Gasteiger partial charge >= 0.3 is 6.09 Å². The zero-order valence-corrected chi connectivity index (χ0v) is 8.19. The van der Waals surface area contributed by atoms with Crippen LogP contribution in [0.3, 0.4) is 0 Å². The van der Waals surface area contributed by atoms with Crippen LogP contribution in [0.5, 0.6) is 5.06 Å². The Labute approximate surface area is 81.0 Å². The van der Waals surface area contributed by atoms with Gasteiger partial charge in [-0.15, -0.1) is 17.9 Å². The summed E-state index contributed by atoms with van der Waals surface area (Å²) in [6, 6.07) is 1.92. The van der Waals surface area contributed by atoms with Crippen LogP contribution in [0.25, 0.3) is 0 Å². The van der Waals surface area contributed by atoms with E-state index in [4.69, 9.17) is 4.74 Å². The molecule has 0 aliphatic heterocycles. The lowest BCUT2D eigenvalue weighted by Crippen LogP contribution is -2.21. The number of ether oxygens (including phenoxy) is 1. The highest BCUT2D eigenvalue weighted by Crippen LogP contribution is 2.26. The molecule has 3 nitrogen and oxygen atoms in total. The van der Waals surface area contributed by atoms with Gasteiger partial charge in [0.2, 0.25) is 0 Å². The quantitative estimate of drug-likeness (QED) is 0.754. The third-order valence-corrected chi connectivity index (χ3v) is 2.29. The SMILES string of the molecule is C=CCc1ccsc1OC(=O)NC. The van der Waals surface area contributed by atoms with Crippen molar-refractivity contribution in [2.24, 2.45) is 0 Å². The Hall–Kier alpha value is -1.29. The van der Waals surface area contributed by atoms with E-state index in [9.17, 15) is 4.79 Å². The predicted octanol–water partition coefficient (Wildman–Crippen LogP) is 2.19. The molecule has 1 heterocycles. The van der Waals surface area contributed by atoms with Crippen molar-refractivity contribution in [2.45, 2.75) is 6.42 Å². The summed E-state index contributed by atoms with van der Waals surface area (Å²) in [5, 5.41) is 4.92. The van der Waals surface area contributed by atoms with E-state index < -0.39 is 6.09 Å². The molecule has 0 bridgehead atoms. The van der Waals surface area contributed by atoms with E-state index in [1.54, 1.807) is 6.08 Å². The van der Waals surface area contributed by atoms with Gasteiger partial charge in [0.05, 0.1) is 0 Å². The summed E-state index contributed by atoms with van der Waals surface area (Å²) in [4.78, 5) is 10.9. The molecule has 0 saturated carbocycles. The fourth-order valence-corrected chi connectivity index (χ4v) is 1.64. The largest absolute Gasteiger partial charge is 0.413 e. The molecule has 0 aliphatic rings. The minimum atomic E-state index is -0.437. The molecule has 0 radical (unpaired) electrons. The molecule has 0 aliphatic carbocycles. The second-order valence-electron chi connectivity index (χ2n) is 2.37. The van der Waals surface area contributed by atoms with Crippen LogP contribution in [0.2, 0.25) is 0 Å². The van der Waals surface area contributed by atoms with Gasteiger partial charge in [-0.1, -0.05) is 6.08 Å². The number of carbonyl (C=O) groups is 1. The summed E-state index contributed by atoms with van der Waals surface area (Å²) >= 11 is 1.40. The van der Waals surface area contributed by atoms with Crippen molar-refractivity contribution >= 4 is 17.4 Å². The molecule has 1 aromatic rings. The third kappa shape index (κ3) is 2.59. The lowest BCUT2D eigenvalue weighted by atomic mass is 10.2. The number of hydrogen-bond acceptors (Lipinski definition) is 3. The molecule has 1 N–H and O–H groups in total. The predicted molar refractivity (Wildman–Crippen MR) is 53.3 cm³/mol. The van der Waals surface area contributed by atoms with E-state index in [0.29, 0.717) is 5.06 Å². The number of amides is 1.